The zero-order chi connectivity index (χ0) is 11.3. The molecule has 1 aromatic rings. The third kappa shape index (κ3) is 3.92. The van der Waals surface area contributed by atoms with E-state index in [4.69, 9.17) is 27.9 Å². The van der Waals surface area contributed by atoms with E-state index in [0.29, 0.717) is 22.4 Å². The summed E-state index contributed by atoms with van der Waals surface area (Å²) in [4.78, 5) is 0. The van der Waals surface area contributed by atoms with E-state index in [-0.39, 0.29) is 0 Å². The molecule has 1 aromatic carbocycles. The van der Waals surface area contributed by atoms with Crippen LogP contribution in [0.4, 0.5) is 0 Å². The van der Waals surface area contributed by atoms with Gasteiger partial charge in [0.05, 0.1) is 16.7 Å². The highest BCUT2D eigenvalue weighted by molar-refractivity contribution is 6.37. The lowest BCUT2D eigenvalue weighted by Crippen LogP contribution is -1.98. The van der Waals surface area contributed by atoms with Crippen LogP contribution in [0.5, 0.6) is 5.75 Å². The molecule has 0 unspecified atom stereocenters. The van der Waals surface area contributed by atoms with Gasteiger partial charge in [-0.3, -0.25) is 0 Å². The molecule has 0 aliphatic carbocycles. The summed E-state index contributed by atoms with van der Waals surface area (Å²) >= 11 is 12.1. The molecule has 0 spiro atoms. The Morgan fingerprint density at radius 1 is 1.13 bits per heavy atom. The molecule has 0 atom stereocenters. The van der Waals surface area contributed by atoms with Crippen LogP contribution < -0.4 is 4.74 Å². The average molecular weight is 247 g/mol. The quantitative estimate of drug-likeness (QED) is 0.674. The van der Waals surface area contributed by atoms with E-state index in [0.717, 1.165) is 12.0 Å². The zero-order valence-electron chi connectivity index (χ0n) is 9.15. The molecule has 0 heterocycles. The van der Waals surface area contributed by atoms with Gasteiger partial charge >= 0.3 is 0 Å². The van der Waals surface area contributed by atoms with Gasteiger partial charge < -0.3 is 4.74 Å². The largest absolute Gasteiger partial charge is 0.490 e. The molecule has 1 nitrogen and oxygen atoms in total. The molecule has 15 heavy (non-hydrogen) atoms. The van der Waals surface area contributed by atoms with Crippen molar-refractivity contribution in [3.63, 3.8) is 0 Å². The molecule has 0 bridgehead atoms. The first-order valence-corrected chi connectivity index (χ1v) is 5.99. The summed E-state index contributed by atoms with van der Waals surface area (Å²) in [5.41, 5.74) is 1.05. The predicted octanol–water partition coefficient (Wildman–Crippen LogP) is 4.87. The summed E-state index contributed by atoms with van der Waals surface area (Å²) in [5.74, 6) is 0.611. The number of ether oxygens (including phenoxy) is 1. The van der Waals surface area contributed by atoms with Gasteiger partial charge in [0.15, 0.2) is 5.75 Å². The van der Waals surface area contributed by atoms with Crippen molar-refractivity contribution in [2.75, 3.05) is 6.61 Å². The van der Waals surface area contributed by atoms with Crippen molar-refractivity contribution in [1.29, 1.82) is 0 Å². The Balaban J connectivity index is 2.60. The van der Waals surface area contributed by atoms with Crippen molar-refractivity contribution in [3.8, 4) is 5.75 Å². The topological polar surface area (TPSA) is 9.23 Å². The van der Waals surface area contributed by atoms with Gasteiger partial charge in [0.1, 0.15) is 0 Å². The van der Waals surface area contributed by atoms with Gasteiger partial charge in [-0.25, -0.2) is 0 Å². The molecule has 0 N–H and O–H groups in total. The van der Waals surface area contributed by atoms with Crippen LogP contribution in [0.25, 0.3) is 0 Å². The van der Waals surface area contributed by atoms with Crippen LogP contribution in [0, 0.1) is 6.92 Å². The van der Waals surface area contributed by atoms with Crippen LogP contribution in [0.2, 0.25) is 10.0 Å². The van der Waals surface area contributed by atoms with E-state index in [1.54, 1.807) is 0 Å². The Bertz CT molecular complexity index is 300. The van der Waals surface area contributed by atoms with E-state index >= 15 is 0 Å². The molecule has 0 fully saturated rings. The van der Waals surface area contributed by atoms with Crippen LogP contribution in [-0.4, -0.2) is 6.61 Å². The zero-order valence-corrected chi connectivity index (χ0v) is 10.7. The van der Waals surface area contributed by atoms with Gasteiger partial charge in [-0.05, 0) is 31.0 Å². The summed E-state index contributed by atoms with van der Waals surface area (Å²) in [6.07, 6.45) is 3.39. The third-order valence-electron chi connectivity index (χ3n) is 2.14. The van der Waals surface area contributed by atoms with Crippen LogP contribution in [0.1, 0.15) is 31.7 Å². The Kier molecular flexibility index (Phi) is 5.27. The van der Waals surface area contributed by atoms with E-state index in [2.05, 4.69) is 6.92 Å². The van der Waals surface area contributed by atoms with Crippen LogP contribution in [0.3, 0.4) is 0 Å². The lowest BCUT2D eigenvalue weighted by atomic mass is 10.2. The highest BCUT2D eigenvalue weighted by Gasteiger charge is 2.07. The molecule has 0 aromatic heterocycles. The Morgan fingerprint density at radius 3 is 2.27 bits per heavy atom. The van der Waals surface area contributed by atoms with Gasteiger partial charge in [-0.2, -0.15) is 0 Å². The molecular formula is C12H16Cl2O. The number of benzene rings is 1. The lowest BCUT2D eigenvalue weighted by molar-refractivity contribution is 0.306. The fraction of sp³-hybridized carbons (Fsp3) is 0.500. The van der Waals surface area contributed by atoms with Crippen molar-refractivity contribution in [3.05, 3.63) is 27.7 Å². The molecule has 84 valence electrons. The molecule has 0 aliphatic rings. The van der Waals surface area contributed by atoms with Gasteiger partial charge in [0, 0.05) is 0 Å². The van der Waals surface area contributed by atoms with Crippen molar-refractivity contribution in [2.24, 2.45) is 0 Å². The van der Waals surface area contributed by atoms with E-state index in [9.17, 15) is 0 Å². The van der Waals surface area contributed by atoms with Gasteiger partial charge in [0.2, 0.25) is 0 Å². The summed E-state index contributed by atoms with van der Waals surface area (Å²) in [5, 5.41) is 1.19. The SMILES string of the molecule is CCCCCOc1c(Cl)cc(C)cc1Cl. The minimum Gasteiger partial charge on any atom is -0.490 e. The minimum absolute atomic E-state index is 0.594. The summed E-state index contributed by atoms with van der Waals surface area (Å²) < 4.78 is 5.56. The number of halogens is 2. The Morgan fingerprint density at radius 2 is 1.73 bits per heavy atom. The number of unbranched alkanes of at least 4 members (excludes halogenated alkanes) is 2. The van der Waals surface area contributed by atoms with Crippen molar-refractivity contribution in [1.82, 2.24) is 0 Å². The molecule has 0 saturated carbocycles. The normalized spacial score (nSPS) is 10.4. The third-order valence-corrected chi connectivity index (χ3v) is 2.70. The second-order valence-electron chi connectivity index (χ2n) is 3.61. The van der Waals surface area contributed by atoms with Crippen LogP contribution in [0.15, 0.2) is 12.1 Å². The molecule has 0 amide bonds. The molecule has 0 aliphatic heterocycles. The molecule has 1 rings (SSSR count). The van der Waals surface area contributed by atoms with Crippen LogP contribution in [-0.2, 0) is 0 Å². The van der Waals surface area contributed by atoms with Gasteiger partial charge in [-0.1, -0.05) is 43.0 Å². The monoisotopic (exact) mass is 246 g/mol. The van der Waals surface area contributed by atoms with Crippen molar-refractivity contribution >= 4 is 23.2 Å². The van der Waals surface area contributed by atoms with E-state index in [1.165, 1.54) is 12.8 Å². The fourth-order valence-corrected chi connectivity index (χ4v) is 2.06. The first kappa shape index (κ1) is 12.7. The minimum atomic E-state index is 0.594. The molecule has 3 heteroatoms. The smallest absolute Gasteiger partial charge is 0.156 e. The fourth-order valence-electron chi connectivity index (χ4n) is 1.35. The second-order valence-corrected chi connectivity index (χ2v) is 4.43. The first-order chi connectivity index (χ1) is 7.15. The van der Waals surface area contributed by atoms with Crippen LogP contribution >= 0.6 is 23.2 Å². The number of aryl methyl sites for hydroxylation is 1. The standard InChI is InChI=1S/C12H16Cl2O/c1-3-4-5-6-15-12-10(13)7-9(2)8-11(12)14/h7-8H,3-6H2,1-2H3. The Labute approximate surface area is 101 Å². The molecular weight excluding hydrogens is 231 g/mol. The summed E-state index contributed by atoms with van der Waals surface area (Å²) in [6.45, 7) is 4.79. The lowest BCUT2D eigenvalue weighted by Gasteiger charge is -2.10. The first-order valence-electron chi connectivity index (χ1n) is 5.23. The molecule has 0 radical (unpaired) electrons. The maximum Gasteiger partial charge on any atom is 0.156 e. The maximum absolute atomic E-state index is 6.04. The van der Waals surface area contributed by atoms with E-state index < -0.39 is 0 Å². The maximum atomic E-state index is 6.04. The number of hydrogen-bond donors (Lipinski definition) is 0. The predicted molar refractivity (Wildman–Crippen MR) is 66.2 cm³/mol. The number of rotatable bonds is 5. The van der Waals surface area contributed by atoms with E-state index in [1.807, 2.05) is 19.1 Å². The van der Waals surface area contributed by atoms with Crippen molar-refractivity contribution < 1.29 is 4.74 Å². The highest BCUT2D eigenvalue weighted by atomic mass is 35.5. The van der Waals surface area contributed by atoms with Crippen molar-refractivity contribution in [2.45, 2.75) is 33.1 Å². The summed E-state index contributed by atoms with van der Waals surface area (Å²) in [7, 11) is 0. The number of hydrogen-bond acceptors (Lipinski definition) is 1. The van der Waals surface area contributed by atoms with Gasteiger partial charge in [-0.15, -0.1) is 0 Å². The van der Waals surface area contributed by atoms with Gasteiger partial charge in [0.25, 0.3) is 0 Å². The Hall–Kier alpha value is -0.400. The average Bonchev–Trinajstić information content (AvgIpc) is 2.15. The summed E-state index contributed by atoms with van der Waals surface area (Å²) in [6, 6.07) is 3.73. The highest BCUT2D eigenvalue weighted by Crippen LogP contribution is 2.34. The molecule has 0 saturated heterocycles. The second kappa shape index (κ2) is 6.24.